The summed E-state index contributed by atoms with van der Waals surface area (Å²) in [7, 11) is 0. The van der Waals surface area contributed by atoms with Gasteiger partial charge < -0.3 is 15.1 Å². The van der Waals surface area contributed by atoms with Crippen LogP contribution in [0.2, 0.25) is 5.28 Å². The molecule has 0 unspecified atom stereocenters. The lowest BCUT2D eigenvalue weighted by Gasteiger charge is -2.33. The van der Waals surface area contributed by atoms with Crippen LogP contribution in [-0.2, 0) is 11.2 Å². The van der Waals surface area contributed by atoms with Gasteiger partial charge in [-0.3, -0.25) is 9.59 Å². The Morgan fingerprint density at radius 3 is 2.57 bits per heavy atom. The van der Waals surface area contributed by atoms with Crippen LogP contribution in [0, 0.1) is 25.7 Å². The number of piperidine rings is 1. The van der Waals surface area contributed by atoms with Crippen molar-refractivity contribution in [2.45, 2.75) is 52.9 Å². The first kappa shape index (κ1) is 22.2. The molecule has 1 aliphatic heterocycles. The summed E-state index contributed by atoms with van der Waals surface area (Å²) in [6.07, 6.45) is 5.12. The molecule has 0 spiro atoms. The number of nitrogens with two attached hydrogens (primary N) is 1. The number of likely N-dealkylation sites (tertiary alicyclic amines) is 1. The van der Waals surface area contributed by atoms with E-state index in [4.69, 9.17) is 21.8 Å². The molecule has 1 atom stereocenters. The van der Waals surface area contributed by atoms with Gasteiger partial charge in [0.15, 0.2) is 11.7 Å². The van der Waals surface area contributed by atoms with Gasteiger partial charge in [0.1, 0.15) is 17.8 Å². The number of hydrogen-bond acceptors (Lipinski definition) is 7. The first-order valence-corrected chi connectivity index (χ1v) is 10.6. The molecule has 1 amide bonds. The minimum absolute atomic E-state index is 0.0215. The molecule has 30 heavy (non-hydrogen) atoms. The normalized spacial score (nSPS) is 15.9. The molecule has 0 bridgehead atoms. The first-order valence-electron chi connectivity index (χ1n) is 10.3. The average molecular weight is 434 g/mol. The molecule has 162 valence electrons. The Balaban J connectivity index is 1.46. The van der Waals surface area contributed by atoms with Gasteiger partial charge in [0.2, 0.25) is 11.2 Å². The number of hydrogen-bond donors (Lipinski definition) is 1. The Bertz CT molecular complexity index is 898. The van der Waals surface area contributed by atoms with Crippen molar-refractivity contribution in [2.75, 3.05) is 18.8 Å². The maximum atomic E-state index is 12.8. The summed E-state index contributed by atoms with van der Waals surface area (Å²) in [5.74, 6) is 0.884. The van der Waals surface area contributed by atoms with Gasteiger partial charge in [0, 0.05) is 43.6 Å². The smallest absolute Gasteiger partial charge is 0.225 e. The summed E-state index contributed by atoms with van der Waals surface area (Å²) in [6, 6.07) is 0. The number of rotatable bonds is 7. The van der Waals surface area contributed by atoms with Crippen LogP contribution in [0.3, 0.4) is 0 Å². The van der Waals surface area contributed by atoms with E-state index in [1.807, 2.05) is 11.8 Å². The van der Waals surface area contributed by atoms with Crippen molar-refractivity contribution in [3.05, 3.63) is 34.4 Å². The summed E-state index contributed by atoms with van der Waals surface area (Å²) in [4.78, 5) is 39.2. The Labute approximate surface area is 181 Å². The number of Topliss-reactive ketones (excluding diaryl/α,β-unsaturated/α-hetero) is 1. The summed E-state index contributed by atoms with van der Waals surface area (Å²) < 4.78 is 5.08. The number of nitrogen functional groups attached to an aromatic ring is 1. The Morgan fingerprint density at radius 1 is 1.27 bits per heavy atom. The van der Waals surface area contributed by atoms with E-state index < -0.39 is 0 Å². The standard InChI is InChI=1S/C21H28ClN5O3/c1-12(10-18(28)17-11-30-14(3)25-17)20(29)27-8-6-15(7-9-27)4-5-16-13(2)24-21(22)26-19(16)23/h11-12,15H,4-10H2,1-3H3,(H2,23,24,26)/t12-/m1/s1. The van der Waals surface area contributed by atoms with Crippen LogP contribution in [-0.4, -0.2) is 44.6 Å². The lowest BCUT2D eigenvalue weighted by Crippen LogP contribution is -2.41. The third-order valence-electron chi connectivity index (χ3n) is 5.77. The lowest BCUT2D eigenvalue weighted by atomic mass is 9.89. The van der Waals surface area contributed by atoms with E-state index in [1.54, 1.807) is 13.8 Å². The summed E-state index contributed by atoms with van der Waals surface area (Å²) >= 11 is 5.84. The van der Waals surface area contributed by atoms with E-state index in [9.17, 15) is 9.59 Å². The largest absolute Gasteiger partial charge is 0.449 e. The number of anilines is 1. The molecule has 0 aliphatic carbocycles. The van der Waals surface area contributed by atoms with Gasteiger partial charge in [0.25, 0.3) is 0 Å². The number of aryl methyl sites for hydroxylation is 2. The molecular formula is C21H28ClN5O3. The molecular weight excluding hydrogens is 406 g/mol. The van der Waals surface area contributed by atoms with Crippen LogP contribution in [0.5, 0.6) is 0 Å². The molecule has 9 heteroatoms. The molecule has 0 saturated carbocycles. The van der Waals surface area contributed by atoms with Crippen molar-refractivity contribution in [2.24, 2.45) is 11.8 Å². The van der Waals surface area contributed by atoms with Crippen LogP contribution in [0.25, 0.3) is 0 Å². The maximum Gasteiger partial charge on any atom is 0.225 e. The molecule has 0 aromatic carbocycles. The minimum Gasteiger partial charge on any atom is -0.449 e. The van der Waals surface area contributed by atoms with E-state index >= 15 is 0 Å². The van der Waals surface area contributed by atoms with Gasteiger partial charge in [-0.1, -0.05) is 6.92 Å². The molecule has 8 nitrogen and oxygen atoms in total. The number of carbonyl (C=O) groups is 2. The van der Waals surface area contributed by atoms with Crippen LogP contribution in [0.15, 0.2) is 10.7 Å². The highest BCUT2D eigenvalue weighted by atomic mass is 35.5. The second-order valence-electron chi connectivity index (χ2n) is 8.03. The SMILES string of the molecule is Cc1nc(C(=O)C[C@@H](C)C(=O)N2CCC(CCc3c(C)nc(Cl)nc3N)CC2)co1. The highest BCUT2D eigenvalue weighted by molar-refractivity contribution is 6.28. The fourth-order valence-corrected chi connectivity index (χ4v) is 4.17. The predicted octanol–water partition coefficient (Wildman–Crippen LogP) is 3.40. The van der Waals surface area contributed by atoms with Gasteiger partial charge >= 0.3 is 0 Å². The van der Waals surface area contributed by atoms with Crippen molar-refractivity contribution < 1.29 is 14.0 Å². The molecule has 1 saturated heterocycles. The Kier molecular flexibility index (Phi) is 7.07. The predicted molar refractivity (Wildman–Crippen MR) is 113 cm³/mol. The van der Waals surface area contributed by atoms with E-state index in [0.717, 1.165) is 36.9 Å². The number of aromatic nitrogens is 3. The monoisotopic (exact) mass is 433 g/mol. The third-order valence-corrected chi connectivity index (χ3v) is 5.93. The van der Waals surface area contributed by atoms with Gasteiger partial charge in [-0.15, -0.1) is 0 Å². The van der Waals surface area contributed by atoms with Crippen molar-refractivity contribution in [1.29, 1.82) is 0 Å². The number of ketones is 1. The highest BCUT2D eigenvalue weighted by Crippen LogP contribution is 2.26. The van der Waals surface area contributed by atoms with Crippen molar-refractivity contribution in [3.8, 4) is 0 Å². The number of halogens is 1. The number of oxazole rings is 1. The first-order chi connectivity index (χ1) is 14.2. The van der Waals surface area contributed by atoms with Crippen molar-refractivity contribution >= 4 is 29.1 Å². The second-order valence-corrected chi connectivity index (χ2v) is 8.37. The fraction of sp³-hybridized carbons (Fsp3) is 0.571. The highest BCUT2D eigenvalue weighted by Gasteiger charge is 2.28. The van der Waals surface area contributed by atoms with Gasteiger partial charge in [-0.2, -0.15) is 0 Å². The van der Waals surface area contributed by atoms with Crippen molar-refractivity contribution in [1.82, 2.24) is 19.9 Å². The quantitative estimate of drug-likeness (QED) is 0.525. The lowest BCUT2D eigenvalue weighted by molar-refractivity contribution is -0.136. The second kappa shape index (κ2) is 9.55. The van der Waals surface area contributed by atoms with E-state index in [-0.39, 0.29) is 35.0 Å². The van der Waals surface area contributed by atoms with E-state index in [0.29, 0.717) is 30.7 Å². The fourth-order valence-electron chi connectivity index (χ4n) is 3.96. The topological polar surface area (TPSA) is 115 Å². The van der Waals surface area contributed by atoms with Gasteiger partial charge in [-0.25, -0.2) is 15.0 Å². The Hall–Kier alpha value is -2.48. The molecule has 2 aromatic rings. The summed E-state index contributed by atoms with van der Waals surface area (Å²) in [5, 5.41) is 0.173. The van der Waals surface area contributed by atoms with Gasteiger partial charge in [0.05, 0.1) is 0 Å². The van der Waals surface area contributed by atoms with Crippen LogP contribution < -0.4 is 5.73 Å². The molecule has 1 fully saturated rings. The zero-order chi connectivity index (χ0) is 21.8. The van der Waals surface area contributed by atoms with Crippen LogP contribution >= 0.6 is 11.6 Å². The molecule has 0 radical (unpaired) electrons. The van der Waals surface area contributed by atoms with Crippen LogP contribution in [0.4, 0.5) is 5.82 Å². The van der Waals surface area contributed by atoms with Gasteiger partial charge in [-0.05, 0) is 50.1 Å². The molecule has 3 rings (SSSR count). The maximum absolute atomic E-state index is 12.8. The third kappa shape index (κ3) is 5.36. The molecule has 3 heterocycles. The van der Waals surface area contributed by atoms with Crippen LogP contribution in [0.1, 0.15) is 60.2 Å². The number of amides is 1. The van der Waals surface area contributed by atoms with Crippen molar-refractivity contribution in [3.63, 3.8) is 0 Å². The minimum atomic E-state index is -0.375. The summed E-state index contributed by atoms with van der Waals surface area (Å²) in [5.41, 5.74) is 8.05. The number of carbonyl (C=O) groups excluding carboxylic acids is 2. The van der Waals surface area contributed by atoms with E-state index in [1.165, 1.54) is 6.26 Å². The summed E-state index contributed by atoms with van der Waals surface area (Å²) in [6.45, 7) is 6.79. The molecule has 2 aromatic heterocycles. The zero-order valence-corrected chi connectivity index (χ0v) is 18.4. The Morgan fingerprint density at radius 2 is 1.97 bits per heavy atom. The average Bonchev–Trinajstić information content (AvgIpc) is 3.13. The molecule has 2 N–H and O–H groups in total. The van der Waals surface area contributed by atoms with E-state index in [2.05, 4.69) is 15.0 Å². The molecule has 1 aliphatic rings. The number of nitrogens with zero attached hydrogens (tertiary/aromatic N) is 4. The zero-order valence-electron chi connectivity index (χ0n) is 17.7.